The quantitative estimate of drug-likeness (QED) is 0.866. The van der Waals surface area contributed by atoms with Crippen molar-refractivity contribution in [2.24, 2.45) is 0 Å². The zero-order valence-corrected chi connectivity index (χ0v) is 15.1. The van der Waals surface area contributed by atoms with E-state index in [-0.39, 0.29) is 0 Å². The van der Waals surface area contributed by atoms with Crippen LogP contribution in [0.4, 0.5) is 16.3 Å². The number of halogens is 1. The van der Waals surface area contributed by atoms with E-state index in [1.54, 1.807) is 6.20 Å². The predicted octanol–water partition coefficient (Wildman–Crippen LogP) is 2.94. The van der Waals surface area contributed by atoms with Gasteiger partial charge in [-0.05, 0) is 49.8 Å². The monoisotopic (exact) mass is 370 g/mol. The van der Waals surface area contributed by atoms with Crippen LogP contribution in [0.2, 0.25) is 0 Å². The Balaban J connectivity index is 2.16. The van der Waals surface area contributed by atoms with Gasteiger partial charge in [0.2, 0.25) is 0 Å². The molecule has 0 aliphatic carbocycles. The Hall–Kier alpha value is -1.34. The van der Waals surface area contributed by atoms with Crippen LogP contribution < -0.4 is 10.2 Å². The number of anilines is 2. The summed E-state index contributed by atoms with van der Waals surface area (Å²) in [5, 5.41) is 2.81. The van der Waals surface area contributed by atoms with Gasteiger partial charge in [-0.3, -0.25) is 5.32 Å². The van der Waals surface area contributed by atoms with Crippen LogP contribution in [0.25, 0.3) is 0 Å². The van der Waals surface area contributed by atoms with Crippen molar-refractivity contribution in [2.75, 3.05) is 43.4 Å². The Bertz CT molecular complexity index is 537. The maximum absolute atomic E-state index is 12.0. The lowest BCUT2D eigenvalue weighted by Crippen LogP contribution is -2.45. The summed E-state index contributed by atoms with van der Waals surface area (Å²) >= 11 is 3.40. The molecule has 0 spiro atoms. The highest BCUT2D eigenvalue weighted by Gasteiger charge is 2.21. The summed E-state index contributed by atoms with van der Waals surface area (Å²) in [6.45, 7) is 9.24. The number of piperazine rings is 1. The van der Waals surface area contributed by atoms with Crippen molar-refractivity contribution in [3.8, 4) is 0 Å². The summed E-state index contributed by atoms with van der Waals surface area (Å²) in [6, 6.07) is 1.85. The van der Waals surface area contributed by atoms with Crippen LogP contribution >= 0.6 is 15.9 Å². The van der Waals surface area contributed by atoms with Gasteiger partial charge in [-0.1, -0.05) is 0 Å². The zero-order valence-electron chi connectivity index (χ0n) is 13.5. The molecule has 0 radical (unpaired) electrons. The fourth-order valence-corrected chi connectivity index (χ4v) is 2.54. The third kappa shape index (κ3) is 4.84. The van der Waals surface area contributed by atoms with E-state index in [0.717, 1.165) is 36.5 Å². The Labute approximate surface area is 140 Å². The van der Waals surface area contributed by atoms with Crippen LogP contribution in [0.15, 0.2) is 16.7 Å². The molecule has 0 aromatic carbocycles. The number of pyridine rings is 1. The molecule has 1 aliphatic rings. The van der Waals surface area contributed by atoms with Gasteiger partial charge in [-0.25, -0.2) is 9.78 Å². The van der Waals surface area contributed by atoms with Crippen LogP contribution in [0.3, 0.4) is 0 Å². The van der Waals surface area contributed by atoms with E-state index in [9.17, 15) is 4.79 Å². The van der Waals surface area contributed by atoms with Crippen molar-refractivity contribution < 1.29 is 9.53 Å². The summed E-state index contributed by atoms with van der Waals surface area (Å²) in [7, 11) is 2.10. The number of likely N-dealkylation sites (N-methyl/N-ethyl adjacent to an activating group) is 1. The molecule has 1 aromatic heterocycles. The van der Waals surface area contributed by atoms with E-state index in [4.69, 9.17) is 4.74 Å². The van der Waals surface area contributed by atoms with Gasteiger partial charge < -0.3 is 14.5 Å². The smallest absolute Gasteiger partial charge is 0.412 e. The molecule has 6 nitrogen and oxygen atoms in total. The lowest BCUT2D eigenvalue weighted by molar-refractivity contribution is 0.0636. The van der Waals surface area contributed by atoms with E-state index >= 15 is 0 Å². The maximum atomic E-state index is 12.0. The largest absolute Gasteiger partial charge is 0.444 e. The fourth-order valence-electron chi connectivity index (χ4n) is 2.21. The number of rotatable bonds is 2. The molecule has 0 bridgehead atoms. The van der Waals surface area contributed by atoms with Crippen molar-refractivity contribution in [3.63, 3.8) is 0 Å². The summed E-state index contributed by atoms with van der Waals surface area (Å²) < 4.78 is 6.14. The van der Waals surface area contributed by atoms with Crippen LogP contribution in [0.5, 0.6) is 0 Å². The molecule has 1 fully saturated rings. The molecular formula is C15H23BrN4O2. The normalized spacial score (nSPS) is 16.5. The van der Waals surface area contributed by atoms with E-state index in [1.165, 1.54) is 0 Å². The first kappa shape index (κ1) is 17.0. The molecule has 1 amide bonds. The molecule has 2 rings (SSSR count). The molecular weight excluding hydrogens is 348 g/mol. The molecule has 0 saturated carbocycles. The minimum absolute atomic E-state index is 0.470. The lowest BCUT2D eigenvalue weighted by atomic mass is 10.2. The van der Waals surface area contributed by atoms with Gasteiger partial charge >= 0.3 is 6.09 Å². The number of hydrogen-bond donors (Lipinski definition) is 1. The zero-order chi connectivity index (χ0) is 16.3. The SMILES string of the molecule is CN1CCN(c2ncc(Br)cc2NC(=O)OC(C)(C)C)CC1. The Kier molecular flexibility index (Phi) is 5.28. The van der Waals surface area contributed by atoms with Gasteiger partial charge in [0.25, 0.3) is 0 Å². The predicted molar refractivity (Wildman–Crippen MR) is 91.5 cm³/mol. The molecule has 22 heavy (non-hydrogen) atoms. The molecule has 1 aliphatic heterocycles. The first-order valence-corrected chi connectivity index (χ1v) is 8.13. The molecule has 1 N–H and O–H groups in total. The highest BCUT2D eigenvalue weighted by atomic mass is 79.9. The highest BCUT2D eigenvalue weighted by molar-refractivity contribution is 9.10. The molecule has 1 saturated heterocycles. The number of amides is 1. The molecule has 1 aromatic rings. The van der Waals surface area contributed by atoms with Gasteiger partial charge in [-0.15, -0.1) is 0 Å². The second kappa shape index (κ2) is 6.83. The average Bonchev–Trinajstić information content (AvgIpc) is 2.38. The summed E-state index contributed by atoms with van der Waals surface area (Å²) in [6.07, 6.45) is 1.27. The summed E-state index contributed by atoms with van der Waals surface area (Å²) in [5.74, 6) is 0.780. The Morgan fingerprint density at radius 1 is 1.32 bits per heavy atom. The minimum atomic E-state index is -0.530. The summed E-state index contributed by atoms with van der Waals surface area (Å²) in [5.41, 5.74) is 0.130. The Morgan fingerprint density at radius 3 is 2.55 bits per heavy atom. The van der Waals surface area contributed by atoms with E-state index < -0.39 is 11.7 Å². The molecule has 0 unspecified atom stereocenters. The molecule has 0 atom stereocenters. The highest BCUT2D eigenvalue weighted by Crippen LogP contribution is 2.28. The van der Waals surface area contributed by atoms with Crippen molar-refractivity contribution in [3.05, 3.63) is 16.7 Å². The second-order valence-corrected chi connectivity index (χ2v) is 7.36. The van der Waals surface area contributed by atoms with Gasteiger partial charge in [0.05, 0.1) is 5.69 Å². The number of aromatic nitrogens is 1. The molecule has 7 heteroatoms. The van der Waals surface area contributed by atoms with Crippen molar-refractivity contribution in [2.45, 2.75) is 26.4 Å². The number of ether oxygens (including phenoxy) is 1. The fraction of sp³-hybridized carbons (Fsp3) is 0.600. The van der Waals surface area contributed by atoms with E-state index in [1.807, 2.05) is 26.8 Å². The van der Waals surface area contributed by atoms with Crippen LogP contribution in [-0.4, -0.2) is 54.8 Å². The van der Waals surface area contributed by atoms with Crippen LogP contribution in [-0.2, 0) is 4.74 Å². The Morgan fingerprint density at radius 2 is 1.95 bits per heavy atom. The number of hydrogen-bond acceptors (Lipinski definition) is 5. The van der Waals surface area contributed by atoms with E-state index in [2.05, 4.69) is 43.1 Å². The van der Waals surface area contributed by atoms with Crippen LogP contribution in [0, 0.1) is 0 Å². The lowest BCUT2D eigenvalue weighted by Gasteiger charge is -2.34. The summed E-state index contributed by atoms with van der Waals surface area (Å²) in [4.78, 5) is 20.9. The number of nitrogens with one attached hydrogen (secondary N) is 1. The number of nitrogens with zero attached hydrogens (tertiary/aromatic N) is 3. The van der Waals surface area contributed by atoms with Crippen molar-refractivity contribution in [1.29, 1.82) is 0 Å². The first-order valence-electron chi connectivity index (χ1n) is 7.33. The van der Waals surface area contributed by atoms with Gasteiger partial charge in [0.1, 0.15) is 5.60 Å². The second-order valence-electron chi connectivity index (χ2n) is 6.44. The van der Waals surface area contributed by atoms with Crippen molar-refractivity contribution in [1.82, 2.24) is 9.88 Å². The van der Waals surface area contributed by atoms with Crippen LogP contribution in [0.1, 0.15) is 20.8 Å². The molecule has 122 valence electrons. The van der Waals surface area contributed by atoms with Crippen molar-refractivity contribution >= 4 is 33.5 Å². The topological polar surface area (TPSA) is 57.7 Å². The van der Waals surface area contributed by atoms with Gasteiger partial charge in [0.15, 0.2) is 5.82 Å². The minimum Gasteiger partial charge on any atom is -0.444 e. The maximum Gasteiger partial charge on any atom is 0.412 e. The van der Waals surface area contributed by atoms with E-state index in [0.29, 0.717) is 5.69 Å². The molecule has 2 heterocycles. The first-order chi connectivity index (χ1) is 10.2. The standard InChI is InChI=1S/C15H23BrN4O2/c1-15(2,3)22-14(21)18-12-9-11(16)10-17-13(12)20-7-5-19(4)6-8-20/h9-10H,5-8H2,1-4H3,(H,18,21). The average molecular weight is 371 g/mol. The number of carbonyl (C=O) groups excluding carboxylic acids is 1. The third-order valence-corrected chi connectivity index (χ3v) is 3.71. The van der Waals surface area contributed by atoms with Gasteiger partial charge in [0, 0.05) is 36.8 Å². The number of carbonyl (C=O) groups is 1. The van der Waals surface area contributed by atoms with Gasteiger partial charge in [-0.2, -0.15) is 0 Å². The third-order valence-electron chi connectivity index (χ3n) is 3.27.